The Morgan fingerprint density at radius 1 is 1.42 bits per heavy atom. The van der Waals surface area contributed by atoms with Gasteiger partial charge in [-0.3, -0.25) is 4.79 Å². The Morgan fingerprint density at radius 2 is 2.11 bits per heavy atom. The highest BCUT2D eigenvalue weighted by Crippen LogP contribution is 2.36. The lowest BCUT2D eigenvalue weighted by Gasteiger charge is -2.28. The van der Waals surface area contributed by atoms with Gasteiger partial charge in [0.25, 0.3) is 0 Å². The minimum Gasteiger partial charge on any atom is -0.330 e. The molecule has 7 heteroatoms. The molecule has 0 radical (unpaired) electrons. The number of aromatic nitrogens is 1. The average molecular weight is 292 g/mol. The van der Waals surface area contributed by atoms with Crippen molar-refractivity contribution >= 4 is 17.1 Å². The van der Waals surface area contributed by atoms with Crippen LogP contribution in [0.2, 0.25) is 0 Å². The van der Waals surface area contributed by atoms with E-state index in [2.05, 4.69) is 4.98 Å². The molecule has 0 bridgehead atoms. The maximum atomic E-state index is 12.5. The number of halogens is 3. The van der Waals surface area contributed by atoms with Gasteiger partial charge in [-0.25, -0.2) is 4.98 Å². The van der Waals surface area contributed by atoms with Crippen molar-refractivity contribution in [3.05, 3.63) is 16.1 Å². The fraction of sp³-hybridized carbons (Fsp3) is 0.667. The molecule has 0 saturated heterocycles. The van der Waals surface area contributed by atoms with E-state index >= 15 is 0 Å². The van der Waals surface area contributed by atoms with Crippen LogP contribution in [0.3, 0.4) is 0 Å². The van der Waals surface area contributed by atoms with Gasteiger partial charge in [0.2, 0.25) is 0 Å². The van der Waals surface area contributed by atoms with E-state index in [0.29, 0.717) is 24.3 Å². The van der Waals surface area contributed by atoms with E-state index in [1.165, 1.54) is 0 Å². The van der Waals surface area contributed by atoms with E-state index in [-0.39, 0.29) is 22.5 Å². The molecule has 1 aromatic rings. The summed E-state index contributed by atoms with van der Waals surface area (Å²) in [5.74, 6) is -0.402. The van der Waals surface area contributed by atoms with Crippen molar-refractivity contribution in [3.63, 3.8) is 0 Å². The average Bonchev–Trinajstić information content (AvgIpc) is 2.87. The van der Waals surface area contributed by atoms with Gasteiger partial charge in [0.1, 0.15) is 0 Å². The Labute approximate surface area is 113 Å². The van der Waals surface area contributed by atoms with Gasteiger partial charge in [-0.15, -0.1) is 11.3 Å². The monoisotopic (exact) mass is 292 g/mol. The van der Waals surface area contributed by atoms with Crippen LogP contribution < -0.4 is 5.73 Å². The molecular formula is C12H15F3N2OS. The smallest absolute Gasteiger partial charge is 0.330 e. The SMILES string of the molecule is NCC1CCCCC1C(=O)c1cnc(C(F)(F)F)s1. The minimum absolute atomic E-state index is 0.0812. The molecule has 1 aliphatic rings. The third kappa shape index (κ3) is 3.14. The summed E-state index contributed by atoms with van der Waals surface area (Å²) in [7, 11) is 0. The molecule has 0 amide bonds. The van der Waals surface area contributed by atoms with Crippen LogP contribution in [0.1, 0.15) is 40.4 Å². The number of rotatable bonds is 3. The van der Waals surface area contributed by atoms with Crippen molar-refractivity contribution in [1.29, 1.82) is 0 Å². The van der Waals surface area contributed by atoms with E-state index in [0.717, 1.165) is 25.5 Å². The van der Waals surface area contributed by atoms with Crippen LogP contribution in [-0.4, -0.2) is 17.3 Å². The molecular weight excluding hydrogens is 277 g/mol. The zero-order valence-corrected chi connectivity index (χ0v) is 11.1. The predicted octanol–water partition coefficient (Wildman–Crippen LogP) is 3.11. The van der Waals surface area contributed by atoms with Crippen molar-refractivity contribution in [3.8, 4) is 0 Å². The van der Waals surface area contributed by atoms with Gasteiger partial charge in [0, 0.05) is 12.1 Å². The molecule has 2 atom stereocenters. The third-order valence-electron chi connectivity index (χ3n) is 3.54. The van der Waals surface area contributed by atoms with Crippen molar-refractivity contribution in [2.24, 2.45) is 17.6 Å². The van der Waals surface area contributed by atoms with Crippen LogP contribution in [0.15, 0.2) is 6.20 Å². The van der Waals surface area contributed by atoms with Crippen LogP contribution in [0.25, 0.3) is 0 Å². The fourth-order valence-electron chi connectivity index (χ4n) is 2.54. The second-order valence-corrected chi connectivity index (χ2v) is 5.81. The molecule has 106 valence electrons. The van der Waals surface area contributed by atoms with Crippen molar-refractivity contribution < 1.29 is 18.0 Å². The second-order valence-electron chi connectivity index (χ2n) is 4.78. The fourth-order valence-corrected chi connectivity index (χ4v) is 3.32. The Balaban J connectivity index is 2.16. The van der Waals surface area contributed by atoms with Gasteiger partial charge in [0.15, 0.2) is 10.8 Å². The maximum absolute atomic E-state index is 12.5. The summed E-state index contributed by atoms with van der Waals surface area (Å²) < 4.78 is 37.4. The number of thiazole rings is 1. The molecule has 2 unspecified atom stereocenters. The zero-order chi connectivity index (χ0) is 14.0. The summed E-state index contributed by atoms with van der Waals surface area (Å²) in [5.41, 5.74) is 5.64. The van der Waals surface area contributed by atoms with Crippen LogP contribution in [0.5, 0.6) is 0 Å². The normalized spacial score (nSPS) is 24.4. The molecule has 0 aromatic carbocycles. The first-order valence-corrected chi connectivity index (χ1v) is 7.02. The number of nitrogens with two attached hydrogens (primary N) is 1. The van der Waals surface area contributed by atoms with Crippen molar-refractivity contribution in [2.45, 2.75) is 31.9 Å². The number of nitrogens with zero attached hydrogens (tertiary/aromatic N) is 1. The number of Topliss-reactive ketones (excluding diaryl/α,β-unsaturated/α-hetero) is 1. The number of hydrogen-bond acceptors (Lipinski definition) is 4. The number of carbonyl (C=O) groups excluding carboxylic acids is 1. The Hall–Kier alpha value is -0.950. The molecule has 19 heavy (non-hydrogen) atoms. The summed E-state index contributed by atoms with van der Waals surface area (Å²) in [5, 5.41) is -0.962. The molecule has 1 saturated carbocycles. The second kappa shape index (κ2) is 5.58. The predicted molar refractivity (Wildman–Crippen MR) is 65.9 cm³/mol. The summed E-state index contributed by atoms with van der Waals surface area (Å²) in [6, 6.07) is 0. The highest BCUT2D eigenvalue weighted by molar-refractivity contribution is 7.13. The quantitative estimate of drug-likeness (QED) is 0.871. The van der Waals surface area contributed by atoms with Crippen molar-refractivity contribution in [2.75, 3.05) is 6.54 Å². The first kappa shape index (κ1) is 14.5. The zero-order valence-electron chi connectivity index (χ0n) is 10.2. The van der Waals surface area contributed by atoms with Crippen LogP contribution in [0.4, 0.5) is 13.2 Å². The topological polar surface area (TPSA) is 56.0 Å². The molecule has 2 rings (SSSR count). The maximum Gasteiger partial charge on any atom is 0.443 e. The molecule has 0 aliphatic heterocycles. The lowest BCUT2D eigenvalue weighted by atomic mass is 9.77. The molecule has 1 aromatic heterocycles. The van der Waals surface area contributed by atoms with E-state index in [1.54, 1.807) is 0 Å². The number of ketones is 1. The first-order chi connectivity index (χ1) is 8.93. The van der Waals surface area contributed by atoms with Gasteiger partial charge in [-0.05, 0) is 25.3 Å². The molecule has 1 aliphatic carbocycles. The van der Waals surface area contributed by atoms with Gasteiger partial charge < -0.3 is 5.73 Å². The van der Waals surface area contributed by atoms with E-state index < -0.39 is 11.2 Å². The molecule has 3 nitrogen and oxygen atoms in total. The van der Waals surface area contributed by atoms with Crippen LogP contribution >= 0.6 is 11.3 Å². The van der Waals surface area contributed by atoms with Crippen LogP contribution in [-0.2, 0) is 6.18 Å². The summed E-state index contributed by atoms with van der Waals surface area (Å²) in [6.45, 7) is 0.404. The number of alkyl halides is 3. The number of carbonyl (C=O) groups is 1. The van der Waals surface area contributed by atoms with Crippen LogP contribution in [0, 0.1) is 11.8 Å². The van der Waals surface area contributed by atoms with Crippen molar-refractivity contribution in [1.82, 2.24) is 4.98 Å². The Kier molecular flexibility index (Phi) is 4.25. The minimum atomic E-state index is -4.48. The summed E-state index contributed by atoms with van der Waals surface area (Å²) in [6.07, 6.45) is 0.0960. The largest absolute Gasteiger partial charge is 0.443 e. The van der Waals surface area contributed by atoms with Gasteiger partial charge in [0.05, 0.1) is 4.88 Å². The Bertz CT molecular complexity index is 458. The van der Waals surface area contributed by atoms with Gasteiger partial charge in [-0.2, -0.15) is 13.2 Å². The lowest BCUT2D eigenvalue weighted by molar-refractivity contribution is -0.137. The molecule has 1 fully saturated rings. The standard InChI is InChI=1S/C12H15F3N2OS/c13-12(14,15)11-17-6-9(19-11)10(18)8-4-2-1-3-7(8)5-16/h6-8H,1-5,16H2. The highest BCUT2D eigenvalue weighted by Gasteiger charge is 2.37. The first-order valence-electron chi connectivity index (χ1n) is 6.20. The number of hydrogen-bond donors (Lipinski definition) is 1. The molecule has 0 spiro atoms. The molecule has 2 N–H and O–H groups in total. The van der Waals surface area contributed by atoms with Gasteiger partial charge in [-0.1, -0.05) is 12.8 Å². The Morgan fingerprint density at radius 3 is 2.68 bits per heavy atom. The lowest BCUT2D eigenvalue weighted by Crippen LogP contribution is -2.32. The molecule has 1 heterocycles. The van der Waals surface area contributed by atoms with E-state index in [4.69, 9.17) is 5.73 Å². The summed E-state index contributed by atoms with van der Waals surface area (Å²) >= 11 is 0.428. The van der Waals surface area contributed by atoms with Gasteiger partial charge >= 0.3 is 6.18 Å². The summed E-state index contributed by atoms with van der Waals surface area (Å²) in [4.78, 5) is 15.6. The highest BCUT2D eigenvalue weighted by atomic mass is 32.1. The third-order valence-corrected chi connectivity index (χ3v) is 4.60. The van der Waals surface area contributed by atoms with E-state index in [9.17, 15) is 18.0 Å². The van der Waals surface area contributed by atoms with E-state index in [1.807, 2.05) is 0 Å².